The van der Waals surface area contributed by atoms with Gasteiger partial charge in [0.2, 0.25) is 0 Å². The average Bonchev–Trinajstić information content (AvgIpc) is 2.67. The van der Waals surface area contributed by atoms with Crippen LogP contribution < -0.4 is 5.32 Å². The molecule has 1 heterocycles. The lowest BCUT2D eigenvalue weighted by molar-refractivity contribution is 0.239. The van der Waals surface area contributed by atoms with Crippen molar-refractivity contribution in [3.05, 3.63) is 17.5 Å². The van der Waals surface area contributed by atoms with Crippen LogP contribution in [0, 0.1) is 5.41 Å². The van der Waals surface area contributed by atoms with Crippen LogP contribution in [0.4, 0.5) is 0 Å². The molecule has 0 aliphatic heterocycles. The first-order chi connectivity index (χ1) is 9.19. The highest BCUT2D eigenvalue weighted by atomic mass is 15.3. The van der Waals surface area contributed by atoms with E-state index in [9.17, 15) is 0 Å². The summed E-state index contributed by atoms with van der Waals surface area (Å²) in [6.07, 6.45) is 4.57. The maximum absolute atomic E-state index is 4.58. The van der Waals surface area contributed by atoms with Crippen molar-refractivity contribution in [1.82, 2.24) is 15.1 Å². The Morgan fingerprint density at radius 3 is 2.30 bits per heavy atom. The van der Waals surface area contributed by atoms with E-state index in [0.29, 0.717) is 5.41 Å². The summed E-state index contributed by atoms with van der Waals surface area (Å²) in [4.78, 5) is 0. The summed E-state index contributed by atoms with van der Waals surface area (Å²) in [5.41, 5.74) is 3.02. The molecule has 3 nitrogen and oxygen atoms in total. The molecule has 0 bridgehead atoms. The Labute approximate surface area is 125 Å². The van der Waals surface area contributed by atoms with Crippen LogP contribution in [-0.2, 0) is 19.9 Å². The van der Waals surface area contributed by atoms with E-state index in [4.69, 9.17) is 0 Å². The van der Waals surface area contributed by atoms with Gasteiger partial charge in [-0.25, -0.2) is 0 Å². The standard InChI is InChI=1S/C17H33N3/c1-8-10-17(6,13-18-16(3,4)5)12-15-11-14(9-2)19-20(15)7/h11,18H,8-10,12-13H2,1-7H3. The van der Waals surface area contributed by atoms with E-state index in [1.807, 2.05) is 0 Å². The molecule has 3 heteroatoms. The molecule has 0 aliphatic carbocycles. The lowest BCUT2D eigenvalue weighted by Crippen LogP contribution is -2.43. The highest BCUT2D eigenvalue weighted by molar-refractivity contribution is 5.12. The van der Waals surface area contributed by atoms with Gasteiger partial charge in [-0.15, -0.1) is 0 Å². The van der Waals surface area contributed by atoms with Gasteiger partial charge in [-0.3, -0.25) is 4.68 Å². The first-order valence-electron chi connectivity index (χ1n) is 7.96. The Hall–Kier alpha value is -0.830. The molecule has 0 fully saturated rings. The minimum absolute atomic E-state index is 0.177. The van der Waals surface area contributed by atoms with E-state index >= 15 is 0 Å². The van der Waals surface area contributed by atoms with Crippen LogP contribution in [0.3, 0.4) is 0 Å². The predicted molar refractivity (Wildman–Crippen MR) is 87.1 cm³/mol. The third kappa shape index (κ3) is 5.28. The molecule has 1 atom stereocenters. The van der Waals surface area contributed by atoms with E-state index in [1.165, 1.54) is 24.2 Å². The Kier molecular flexibility index (Phi) is 5.81. The fourth-order valence-corrected chi connectivity index (χ4v) is 2.67. The minimum Gasteiger partial charge on any atom is -0.312 e. The summed E-state index contributed by atoms with van der Waals surface area (Å²) in [5.74, 6) is 0. The Morgan fingerprint density at radius 2 is 1.85 bits per heavy atom. The zero-order valence-electron chi connectivity index (χ0n) is 14.5. The molecule has 1 aromatic heterocycles. The zero-order valence-corrected chi connectivity index (χ0v) is 14.5. The van der Waals surface area contributed by atoms with Crippen molar-refractivity contribution in [2.75, 3.05) is 6.54 Å². The molecule has 116 valence electrons. The maximum atomic E-state index is 4.58. The van der Waals surface area contributed by atoms with Crippen molar-refractivity contribution in [3.63, 3.8) is 0 Å². The SMILES string of the molecule is CCCC(C)(CNC(C)(C)C)Cc1cc(CC)nn1C. The average molecular weight is 279 g/mol. The van der Waals surface area contributed by atoms with Crippen LogP contribution >= 0.6 is 0 Å². The molecule has 0 radical (unpaired) electrons. The van der Waals surface area contributed by atoms with Gasteiger partial charge in [-0.2, -0.15) is 5.10 Å². The lowest BCUT2D eigenvalue weighted by atomic mass is 9.80. The minimum atomic E-state index is 0.177. The lowest BCUT2D eigenvalue weighted by Gasteiger charge is -2.33. The van der Waals surface area contributed by atoms with Gasteiger partial charge in [0.05, 0.1) is 5.69 Å². The second-order valence-corrected chi connectivity index (χ2v) is 7.45. The second-order valence-electron chi connectivity index (χ2n) is 7.45. The highest BCUT2D eigenvalue weighted by Crippen LogP contribution is 2.28. The summed E-state index contributed by atoms with van der Waals surface area (Å²) in [6.45, 7) is 14.6. The number of hydrogen-bond donors (Lipinski definition) is 1. The molecule has 1 aromatic rings. The van der Waals surface area contributed by atoms with Crippen LogP contribution in [0.5, 0.6) is 0 Å². The van der Waals surface area contributed by atoms with Gasteiger partial charge in [0, 0.05) is 24.8 Å². The van der Waals surface area contributed by atoms with Gasteiger partial charge in [0.25, 0.3) is 0 Å². The molecule has 0 saturated carbocycles. The molecular weight excluding hydrogens is 246 g/mol. The normalized spacial score (nSPS) is 15.3. The second kappa shape index (κ2) is 6.75. The van der Waals surface area contributed by atoms with E-state index < -0.39 is 0 Å². The summed E-state index contributed by atoms with van der Waals surface area (Å²) in [6, 6.07) is 2.27. The van der Waals surface area contributed by atoms with E-state index in [2.05, 4.69) is 69.8 Å². The molecule has 1 unspecified atom stereocenters. The number of nitrogens with one attached hydrogen (secondary N) is 1. The van der Waals surface area contributed by atoms with E-state index in [-0.39, 0.29) is 5.54 Å². The molecule has 0 saturated heterocycles. The van der Waals surface area contributed by atoms with E-state index in [1.54, 1.807) is 0 Å². The van der Waals surface area contributed by atoms with Crippen LogP contribution in [0.2, 0.25) is 0 Å². The molecule has 1 N–H and O–H groups in total. The van der Waals surface area contributed by atoms with Gasteiger partial charge >= 0.3 is 0 Å². The molecule has 20 heavy (non-hydrogen) atoms. The summed E-state index contributed by atoms with van der Waals surface area (Å²) in [5, 5.41) is 8.26. The topological polar surface area (TPSA) is 29.9 Å². The summed E-state index contributed by atoms with van der Waals surface area (Å²) in [7, 11) is 2.07. The van der Waals surface area contributed by atoms with Gasteiger partial charge < -0.3 is 5.32 Å². The summed E-state index contributed by atoms with van der Waals surface area (Å²) >= 11 is 0. The smallest absolute Gasteiger partial charge is 0.0624 e. The van der Waals surface area contributed by atoms with Crippen molar-refractivity contribution in [2.45, 2.75) is 72.8 Å². The fourth-order valence-electron chi connectivity index (χ4n) is 2.67. The number of aryl methyl sites for hydroxylation is 2. The van der Waals surface area contributed by atoms with Gasteiger partial charge in [-0.05, 0) is 51.5 Å². The molecule has 0 amide bonds. The van der Waals surface area contributed by atoms with Gasteiger partial charge in [0.15, 0.2) is 0 Å². The van der Waals surface area contributed by atoms with Gasteiger partial charge in [0.1, 0.15) is 0 Å². The van der Waals surface area contributed by atoms with Gasteiger partial charge in [-0.1, -0.05) is 27.2 Å². The predicted octanol–water partition coefficient (Wildman–Crippen LogP) is 3.72. The third-order valence-corrected chi connectivity index (χ3v) is 3.90. The van der Waals surface area contributed by atoms with Crippen molar-refractivity contribution in [2.24, 2.45) is 12.5 Å². The van der Waals surface area contributed by atoms with Crippen molar-refractivity contribution >= 4 is 0 Å². The van der Waals surface area contributed by atoms with Crippen molar-refractivity contribution < 1.29 is 0 Å². The molecular formula is C17H33N3. The number of aromatic nitrogens is 2. The van der Waals surface area contributed by atoms with Crippen molar-refractivity contribution in [3.8, 4) is 0 Å². The molecule has 0 spiro atoms. The fraction of sp³-hybridized carbons (Fsp3) is 0.824. The first kappa shape index (κ1) is 17.2. The molecule has 0 aliphatic rings. The quantitative estimate of drug-likeness (QED) is 0.824. The van der Waals surface area contributed by atoms with Crippen LogP contribution in [0.15, 0.2) is 6.07 Å². The van der Waals surface area contributed by atoms with Crippen LogP contribution in [0.1, 0.15) is 65.8 Å². The number of nitrogens with zero attached hydrogens (tertiary/aromatic N) is 2. The maximum Gasteiger partial charge on any atom is 0.0624 e. The first-order valence-corrected chi connectivity index (χ1v) is 7.96. The number of rotatable bonds is 7. The summed E-state index contributed by atoms with van der Waals surface area (Å²) < 4.78 is 2.06. The molecule has 0 aromatic carbocycles. The van der Waals surface area contributed by atoms with Crippen LogP contribution in [-0.4, -0.2) is 21.9 Å². The van der Waals surface area contributed by atoms with Crippen LogP contribution in [0.25, 0.3) is 0 Å². The highest BCUT2D eigenvalue weighted by Gasteiger charge is 2.27. The molecule has 1 rings (SSSR count). The Bertz CT molecular complexity index is 414. The third-order valence-electron chi connectivity index (χ3n) is 3.90. The van der Waals surface area contributed by atoms with Crippen molar-refractivity contribution in [1.29, 1.82) is 0 Å². The largest absolute Gasteiger partial charge is 0.312 e. The monoisotopic (exact) mass is 279 g/mol. The number of hydrogen-bond acceptors (Lipinski definition) is 2. The zero-order chi connectivity index (χ0) is 15.4. The van der Waals surface area contributed by atoms with E-state index in [0.717, 1.165) is 19.4 Å². The Balaban J connectivity index is 2.81. The Morgan fingerprint density at radius 1 is 1.20 bits per heavy atom.